The fourth-order valence-corrected chi connectivity index (χ4v) is 13.7. The Morgan fingerprint density at radius 2 is 1.07 bits per heavy atom. The topological polar surface area (TPSA) is 197 Å². The van der Waals surface area contributed by atoms with Gasteiger partial charge < -0.3 is 41.4 Å². The second-order valence-electron chi connectivity index (χ2n) is 21.1. The van der Waals surface area contributed by atoms with Gasteiger partial charge >= 0.3 is 0 Å². The standard InChI is InChI=1S/C33H32ClN5O3S.C30H25ClN4O3S2/c1-4-14-35-29-24-17-33(2,28(38-29)23-11-6-5-10-22(23)24)31(41)39-32-37-26(18-43-32)19-8-7-9-20(15-19)30(40)36-21-12-13-27(42-3)25(34)16-21;1-30(14-21-19-8-3-4-9-20(19)25(30)34-27(21)39)28(37)35-29-33-23(15-40-29)16-6-5-7-17(12-16)26(36)32-18-10-11-24(38-2)22(31)13-18/h5-13,15-16,18,24,28H,4,14,17H2,1-3H3,(H,35,38)(H,36,40)(H,37,39,41);3-13,15,21,25H,14H2,1-2H3,(H,32,36)(H,34,39)(H,33,35,37). The summed E-state index contributed by atoms with van der Waals surface area (Å²) in [5.74, 6) is 1.38. The Balaban J connectivity index is 0.000000174. The number of benzene rings is 6. The lowest BCUT2D eigenvalue weighted by molar-refractivity contribution is -0.128. The number of aromatic nitrogens is 2. The molecule has 6 unspecified atom stereocenters. The Morgan fingerprint density at radius 1 is 0.614 bits per heavy atom. The fraction of sp³-hybridized carbons (Fsp3) is 0.238. The van der Waals surface area contributed by atoms with Crippen LogP contribution in [0.3, 0.4) is 0 Å². The van der Waals surface area contributed by atoms with Crippen molar-refractivity contribution >= 4 is 114 Å². The average Bonchev–Trinajstić information content (AvgIpc) is 4.08. The van der Waals surface area contributed by atoms with Gasteiger partial charge in [0.1, 0.15) is 17.3 Å². The summed E-state index contributed by atoms with van der Waals surface area (Å²) < 4.78 is 10.3. The van der Waals surface area contributed by atoms with E-state index in [-0.39, 0.29) is 47.5 Å². The molecule has 2 aliphatic carbocycles. The van der Waals surface area contributed by atoms with Crippen LogP contribution >= 0.6 is 58.1 Å². The van der Waals surface area contributed by atoms with Crippen molar-refractivity contribution in [2.24, 2.45) is 15.8 Å². The van der Waals surface area contributed by atoms with Crippen LogP contribution in [0, 0.1) is 10.8 Å². The Bertz CT molecular complexity index is 3910. The number of thiocarbonyl (C=S) groups is 1. The molecule has 2 aromatic heterocycles. The van der Waals surface area contributed by atoms with Gasteiger partial charge in [-0.25, -0.2) is 9.97 Å². The van der Waals surface area contributed by atoms with E-state index >= 15 is 0 Å². The second-order valence-corrected chi connectivity index (χ2v) is 24.1. The van der Waals surface area contributed by atoms with E-state index in [0.717, 1.165) is 46.0 Å². The van der Waals surface area contributed by atoms with E-state index in [0.29, 0.717) is 78.5 Å². The molecule has 8 aromatic rings. The molecule has 6 N–H and O–H groups in total. The fourth-order valence-electron chi connectivity index (χ4n) is 11.4. The van der Waals surface area contributed by atoms with Gasteiger partial charge in [0.15, 0.2) is 10.3 Å². The number of rotatable bonds is 14. The molecule has 15 nitrogen and oxygen atoms in total. The number of anilines is 4. The zero-order valence-corrected chi connectivity index (χ0v) is 49.7. The first kappa shape index (κ1) is 56.8. The molecule has 2 fully saturated rings. The molecule has 14 rings (SSSR count). The number of carbonyl (C=O) groups excluding carboxylic acids is 4. The number of ether oxygens (including phenoxy) is 2. The molecular weight excluding hydrogens is 1150 g/mol. The number of nitrogens with zero attached hydrogens (tertiary/aromatic N) is 3. The number of thiazole rings is 2. The maximum absolute atomic E-state index is 13.8. The SMILES string of the molecule is CCCN=C1NC2c3ccccc3C1CC2(C)C(=O)Nc1nc(-c2cccc(C(=O)Nc3ccc(OC)c(Cl)c3)c2)cs1.COc1ccc(NC(=O)c2cccc(-c3csc(NC(=O)C4(C)CC5C(=S)NC4c4ccccc45)n3)c2)cc1Cl. The van der Waals surface area contributed by atoms with Gasteiger partial charge in [-0.2, -0.15) is 0 Å². The van der Waals surface area contributed by atoms with Gasteiger partial charge in [0.25, 0.3) is 11.8 Å². The smallest absolute Gasteiger partial charge is 0.255 e. The second kappa shape index (κ2) is 23.7. The van der Waals surface area contributed by atoms with Crippen molar-refractivity contribution in [3.05, 3.63) is 188 Å². The first-order valence-corrected chi connectivity index (χ1v) is 29.8. The highest BCUT2D eigenvalue weighted by Crippen LogP contribution is 2.55. The normalized spacial score (nSPS) is 21.0. The molecule has 422 valence electrons. The van der Waals surface area contributed by atoms with Crippen LogP contribution in [0.2, 0.25) is 10.0 Å². The molecule has 6 atom stereocenters. The summed E-state index contributed by atoms with van der Waals surface area (Å²) in [6.45, 7) is 6.88. The lowest BCUT2D eigenvalue weighted by atomic mass is 9.61. The number of methoxy groups -OCH3 is 2. The minimum absolute atomic E-state index is 0.0154. The monoisotopic (exact) mass is 1200 g/mol. The molecule has 83 heavy (non-hydrogen) atoms. The van der Waals surface area contributed by atoms with Crippen molar-refractivity contribution in [2.45, 2.75) is 64.0 Å². The van der Waals surface area contributed by atoms with Crippen LogP contribution in [-0.4, -0.2) is 65.2 Å². The highest BCUT2D eigenvalue weighted by Gasteiger charge is 2.55. The van der Waals surface area contributed by atoms with Gasteiger partial charge in [0.05, 0.1) is 63.6 Å². The minimum Gasteiger partial charge on any atom is -0.495 e. The number of amidine groups is 1. The molecule has 0 radical (unpaired) electrons. The van der Waals surface area contributed by atoms with Crippen LogP contribution in [-0.2, 0) is 9.59 Å². The van der Waals surface area contributed by atoms with E-state index in [2.05, 4.69) is 74.1 Å². The van der Waals surface area contributed by atoms with E-state index in [9.17, 15) is 19.2 Å². The lowest BCUT2D eigenvalue weighted by Crippen LogP contribution is -2.57. The summed E-state index contributed by atoms with van der Waals surface area (Å²) >= 11 is 20.7. The molecule has 4 bridgehead atoms. The molecule has 6 aliphatic rings. The van der Waals surface area contributed by atoms with Crippen LogP contribution < -0.4 is 41.4 Å². The first-order valence-electron chi connectivity index (χ1n) is 26.9. The summed E-state index contributed by atoms with van der Waals surface area (Å²) in [4.78, 5) is 68.3. The van der Waals surface area contributed by atoms with Crippen LogP contribution in [0.5, 0.6) is 11.5 Å². The molecule has 6 aromatic carbocycles. The molecule has 6 heterocycles. The number of amides is 4. The number of aliphatic imine (C=N–C) groups is 1. The third kappa shape index (κ3) is 11.3. The van der Waals surface area contributed by atoms with E-state index in [1.54, 1.807) is 66.7 Å². The number of carbonyl (C=O) groups is 4. The van der Waals surface area contributed by atoms with Gasteiger partial charge in [-0.3, -0.25) is 24.2 Å². The van der Waals surface area contributed by atoms with Crippen molar-refractivity contribution < 1.29 is 28.7 Å². The molecule has 20 heteroatoms. The van der Waals surface area contributed by atoms with Gasteiger partial charge in [-0.15, -0.1) is 22.7 Å². The third-order valence-electron chi connectivity index (χ3n) is 15.8. The minimum atomic E-state index is -0.685. The van der Waals surface area contributed by atoms with Gasteiger partial charge in [-0.1, -0.05) is 115 Å². The average molecular weight is 1200 g/mol. The van der Waals surface area contributed by atoms with Gasteiger partial charge in [-0.05, 0) is 116 Å². The van der Waals surface area contributed by atoms with E-state index < -0.39 is 10.8 Å². The Kier molecular flexibility index (Phi) is 16.2. The molecule has 2 saturated heterocycles. The van der Waals surface area contributed by atoms with Gasteiger partial charge in [0.2, 0.25) is 11.8 Å². The van der Waals surface area contributed by atoms with E-state index in [4.69, 9.17) is 54.9 Å². The Morgan fingerprint density at radius 3 is 1.54 bits per heavy atom. The summed E-state index contributed by atoms with van der Waals surface area (Å²) in [6, 6.07) is 40.7. The predicted molar refractivity (Wildman–Crippen MR) is 335 cm³/mol. The number of hydrogen-bond acceptors (Lipinski definition) is 12. The van der Waals surface area contributed by atoms with Crippen LogP contribution in [0.25, 0.3) is 22.5 Å². The molecular formula is C63H57Cl2N9O6S3. The molecule has 0 saturated carbocycles. The van der Waals surface area contributed by atoms with Crippen LogP contribution in [0.4, 0.5) is 21.6 Å². The zero-order valence-electron chi connectivity index (χ0n) is 45.8. The lowest BCUT2D eigenvalue weighted by Gasteiger charge is -2.50. The molecule has 4 aliphatic heterocycles. The number of piperidine rings is 2. The van der Waals surface area contributed by atoms with E-state index in [1.165, 1.54) is 48.0 Å². The van der Waals surface area contributed by atoms with Crippen molar-refractivity contribution in [3.63, 3.8) is 0 Å². The summed E-state index contributed by atoms with van der Waals surface area (Å²) in [6.07, 6.45) is 2.28. The largest absolute Gasteiger partial charge is 0.495 e. The third-order valence-corrected chi connectivity index (χ3v) is 18.3. The maximum Gasteiger partial charge on any atom is 0.255 e. The number of fused-ring (bicyclic) bond motifs is 4. The van der Waals surface area contributed by atoms with Crippen molar-refractivity contribution in [1.29, 1.82) is 0 Å². The maximum atomic E-state index is 13.8. The van der Waals surface area contributed by atoms with Gasteiger partial charge in [0, 0.05) is 62.8 Å². The van der Waals surface area contributed by atoms with E-state index in [1.807, 2.05) is 61.0 Å². The Labute approximate surface area is 503 Å². The quantitative estimate of drug-likeness (QED) is 0.0567. The summed E-state index contributed by atoms with van der Waals surface area (Å²) in [7, 11) is 3.07. The highest BCUT2D eigenvalue weighted by molar-refractivity contribution is 7.80. The van der Waals surface area contributed by atoms with Crippen molar-refractivity contribution in [3.8, 4) is 34.0 Å². The first-order chi connectivity index (χ1) is 40.1. The number of nitrogens with one attached hydrogen (secondary N) is 6. The van der Waals surface area contributed by atoms with Crippen molar-refractivity contribution in [2.75, 3.05) is 42.0 Å². The zero-order chi connectivity index (χ0) is 58.2. The summed E-state index contributed by atoms with van der Waals surface area (Å²) in [5, 5.41) is 24.4. The number of hydrogen-bond donors (Lipinski definition) is 6. The Hall–Kier alpha value is -8.00. The number of halogens is 2. The predicted octanol–water partition coefficient (Wildman–Crippen LogP) is 14.1. The van der Waals surface area contributed by atoms with Crippen LogP contribution in [0.15, 0.2) is 149 Å². The van der Waals surface area contributed by atoms with Crippen molar-refractivity contribution in [1.82, 2.24) is 20.6 Å². The molecule has 0 spiro atoms. The summed E-state index contributed by atoms with van der Waals surface area (Å²) in [5.41, 5.74) is 8.30. The van der Waals surface area contributed by atoms with Crippen LogP contribution in [0.1, 0.15) is 107 Å². The molecule has 4 amide bonds. The highest BCUT2D eigenvalue weighted by atomic mass is 35.5.